The second-order valence-electron chi connectivity index (χ2n) is 9.66. The fourth-order valence-corrected chi connectivity index (χ4v) is 4.42. The molecule has 1 saturated carbocycles. The number of carbonyl (C=O) groups excluding carboxylic acids is 2. The van der Waals surface area contributed by atoms with Crippen LogP contribution in [0, 0.1) is 19.7 Å². The molecular weight excluding hydrogens is 537 g/mol. The molecule has 42 heavy (non-hydrogen) atoms. The standard InChI is InChI=1S/C29H28FN7O3.C2H6/c1-17-8-11-23(22(30)14-17)34-26-24(28(40)36(3)20-9-10-20)25(18(2)27(39)35-26)37(16-38)21-7-4-6-19(15-21)33-29-31-12-5-13-32-29;1-2/h4-8,11-16,20H,9-10H2,1-3H3,(H,31,32,33)(H2,34,35,39);1-2H3. The highest BCUT2D eigenvalue weighted by Crippen LogP contribution is 2.37. The molecule has 1 aliphatic carbocycles. The van der Waals surface area contributed by atoms with Gasteiger partial charge in [-0.15, -0.1) is 0 Å². The Balaban J connectivity index is 0.00000198. The van der Waals surface area contributed by atoms with Gasteiger partial charge < -0.3 is 20.5 Å². The smallest absolute Gasteiger partial charge is 0.259 e. The molecule has 2 amide bonds. The molecule has 11 heteroatoms. The minimum atomic E-state index is -0.550. The highest BCUT2D eigenvalue weighted by Gasteiger charge is 2.35. The summed E-state index contributed by atoms with van der Waals surface area (Å²) in [5.74, 6) is -0.611. The molecule has 0 atom stereocenters. The van der Waals surface area contributed by atoms with Gasteiger partial charge in [0.1, 0.15) is 17.2 Å². The molecule has 10 nitrogen and oxygen atoms in total. The lowest BCUT2D eigenvalue weighted by Crippen LogP contribution is -2.33. The average Bonchev–Trinajstić information content (AvgIpc) is 3.84. The first kappa shape index (κ1) is 29.9. The Morgan fingerprint density at radius 3 is 2.40 bits per heavy atom. The highest BCUT2D eigenvalue weighted by molar-refractivity contribution is 6.09. The predicted octanol–water partition coefficient (Wildman–Crippen LogP) is 5.96. The first-order valence-corrected chi connectivity index (χ1v) is 13.7. The molecule has 3 N–H and O–H groups in total. The van der Waals surface area contributed by atoms with E-state index in [4.69, 9.17) is 0 Å². The summed E-state index contributed by atoms with van der Waals surface area (Å²) in [7, 11) is 1.68. The maximum Gasteiger partial charge on any atom is 0.259 e. The van der Waals surface area contributed by atoms with E-state index in [1.165, 1.54) is 24.0 Å². The van der Waals surface area contributed by atoms with Crippen LogP contribution in [-0.2, 0) is 4.79 Å². The molecule has 0 radical (unpaired) electrons. The van der Waals surface area contributed by atoms with Crippen LogP contribution < -0.4 is 21.1 Å². The van der Waals surface area contributed by atoms with Crippen LogP contribution in [0.4, 0.5) is 38.9 Å². The summed E-state index contributed by atoms with van der Waals surface area (Å²) in [6.45, 7) is 7.29. The second kappa shape index (κ2) is 13.1. The summed E-state index contributed by atoms with van der Waals surface area (Å²) in [6, 6.07) is 13.2. The fourth-order valence-electron chi connectivity index (χ4n) is 4.42. The van der Waals surface area contributed by atoms with Crippen LogP contribution in [0.3, 0.4) is 0 Å². The SMILES string of the molecule is CC.Cc1ccc(Nc2[nH]c(=O)c(C)c(N(C=O)c3cccc(Nc4ncccn4)c3)c2C(=O)N(C)C2CC2)c(F)c1. The molecule has 2 aromatic carbocycles. The van der Waals surface area contributed by atoms with Gasteiger partial charge in [-0.1, -0.05) is 26.0 Å². The van der Waals surface area contributed by atoms with Gasteiger partial charge >= 0.3 is 0 Å². The quantitative estimate of drug-likeness (QED) is 0.212. The Bertz CT molecular complexity index is 1640. The minimum Gasteiger partial charge on any atom is -0.339 e. The summed E-state index contributed by atoms with van der Waals surface area (Å²) in [4.78, 5) is 53.6. The molecule has 4 aromatic rings. The molecule has 1 aliphatic rings. The van der Waals surface area contributed by atoms with Crippen LogP contribution in [0.25, 0.3) is 0 Å². The molecule has 1 fully saturated rings. The Labute approximate surface area is 243 Å². The fraction of sp³-hybridized carbons (Fsp3) is 0.258. The van der Waals surface area contributed by atoms with Crippen LogP contribution in [0.15, 0.2) is 65.7 Å². The van der Waals surface area contributed by atoms with E-state index in [1.54, 1.807) is 67.7 Å². The average molecular weight is 572 g/mol. The number of rotatable bonds is 9. The molecule has 2 heterocycles. The zero-order valence-electron chi connectivity index (χ0n) is 24.2. The van der Waals surface area contributed by atoms with Gasteiger partial charge in [-0.25, -0.2) is 14.4 Å². The number of anilines is 6. The van der Waals surface area contributed by atoms with E-state index in [2.05, 4.69) is 25.6 Å². The van der Waals surface area contributed by atoms with Crippen molar-refractivity contribution in [2.75, 3.05) is 22.6 Å². The number of amides is 2. The third-order valence-corrected chi connectivity index (χ3v) is 6.73. The van der Waals surface area contributed by atoms with Crippen molar-refractivity contribution in [2.24, 2.45) is 0 Å². The monoisotopic (exact) mass is 571 g/mol. The van der Waals surface area contributed by atoms with Crippen molar-refractivity contribution in [2.45, 2.75) is 46.6 Å². The van der Waals surface area contributed by atoms with Gasteiger partial charge in [0, 0.05) is 36.7 Å². The Morgan fingerprint density at radius 2 is 1.76 bits per heavy atom. The minimum absolute atomic E-state index is 0.00957. The van der Waals surface area contributed by atoms with Crippen LogP contribution >= 0.6 is 0 Å². The second-order valence-corrected chi connectivity index (χ2v) is 9.66. The van der Waals surface area contributed by atoms with Crippen LogP contribution in [0.2, 0.25) is 0 Å². The third kappa shape index (κ3) is 6.46. The number of halogens is 1. The molecule has 0 bridgehead atoms. The Morgan fingerprint density at radius 1 is 1.05 bits per heavy atom. The summed E-state index contributed by atoms with van der Waals surface area (Å²) in [6.07, 6.45) is 5.43. The molecule has 2 aromatic heterocycles. The van der Waals surface area contributed by atoms with Crippen molar-refractivity contribution in [3.05, 3.63) is 93.8 Å². The first-order chi connectivity index (χ1) is 20.3. The lowest BCUT2D eigenvalue weighted by Gasteiger charge is -2.27. The number of H-pyrrole nitrogens is 1. The summed E-state index contributed by atoms with van der Waals surface area (Å²) in [5.41, 5.74) is 1.52. The number of aromatic nitrogens is 3. The largest absolute Gasteiger partial charge is 0.339 e. The Hall–Kier alpha value is -5.06. The van der Waals surface area contributed by atoms with Crippen molar-refractivity contribution in [3.63, 3.8) is 0 Å². The number of benzene rings is 2. The summed E-state index contributed by atoms with van der Waals surface area (Å²) < 4.78 is 14.8. The van der Waals surface area contributed by atoms with E-state index in [-0.39, 0.29) is 34.4 Å². The molecule has 0 saturated heterocycles. The van der Waals surface area contributed by atoms with Gasteiger partial charge in [0.25, 0.3) is 11.5 Å². The summed E-state index contributed by atoms with van der Waals surface area (Å²) >= 11 is 0. The van der Waals surface area contributed by atoms with Gasteiger partial charge in [0.2, 0.25) is 12.4 Å². The zero-order valence-corrected chi connectivity index (χ0v) is 24.2. The van der Waals surface area contributed by atoms with Crippen LogP contribution in [-0.4, -0.2) is 45.3 Å². The van der Waals surface area contributed by atoms with Gasteiger partial charge in [-0.05, 0) is 68.7 Å². The van der Waals surface area contributed by atoms with Crippen molar-refractivity contribution in [3.8, 4) is 0 Å². The number of aromatic amines is 1. The maximum absolute atomic E-state index is 14.8. The molecule has 0 aliphatic heterocycles. The highest BCUT2D eigenvalue weighted by atomic mass is 19.1. The topological polar surface area (TPSA) is 123 Å². The lowest BCUT2D eigenvalue weighted by molar-refractivity contribution is -0.106. The number of hydrogen-bond donors (Lipinski definition) is 3. The van der Waals surface area contributed by atoms with E-state index < -0.39 is 17.3 Å². The van der Waals surface area contributed by atoms with Crippen molar-refractivity contribution >= 4 is 46.8 Å². The van der Waals surface area contributed by atoms with Gasteiger partial charge in [0.05, 0.1) is 17.1 Å². The third-order valence-electron chi connectivity index (χ3n) is 6.73. The van der Waals surface area contributed by atoms with E-state index in [9.17, 15) is 18.8 Å². The van der Waals surface area contributed by atoms with Crippen molar-refractivity contribution in [1.29, 1.82) is 0 Å². The van der Waals surface area contributed by atoms with Crippen molar-refractivity contribution in [1.82, 2.24) is 19.9 Å². The normalized spacial score (nSPS) is 12.0. The van der Waals surface area contributed by atoms with Gasteiger partial charge in [-0.2, -0.15) is 0 Å². The van der Waals surface area contributed by atoms with Crippen LogP contribution in [0.1, 0.15) is 48.2 Å². The molecular formula is C31H34FN7O3. The van der Waals surface area contributed by atoms with Gasteiger partial charge in [-0.3, -0.25) is 19.3 Å². The number of nitrogens with one attached hydrogen (secondary N) is 3. The summed E-state index contributed by atoms with van der Waals surface area (Å²) in [5, 5.41) is 5.97. The molecule has 0 unspecified atom stereocenters. The van der Waals surface area contributed by atoms with Crippen LogP contribution in [0.5, 0.6) is 0 Å². The van der Waals surface area contributed by atoms with E-state index in [0.29, 0.717) is 29.3 Å². The molecule has 218 valence electrons. The predicted molar refractivity (Wildman–Crippen MR) is 163 cm³/mol. The number of nitrogens with zero attached hydrogens (tertiary/aromatic N) is 4. The number of hydrogen-bond acceptors (Lipinski definition) is 7. The van der Waals surface area contributed by atoms with E-state index >= 15 is 0 Å². The maximum atomic E-state index is 14.8. The number of pyridine rings is 1. The first-order valence-electron chi connectivity index (χ1n) is 13.7. The van der Waals surface area contributed by atoms with E-state index in [0.717, 1.165) is 12.8 Å². The van der Waals surface area contributed by atoms with Gasteiger partial charge in [0.15, 0.2) is 0 Å². The lowest BCUT2D eigenvalue weighted by atomic mass is 10.1. The van der Waals surface area contributed by atoms with Crippen molar-refractivity contribution < 1.29 is 14.0 Å². The number of aryl methyl sites for hydroxylation is 1. The number of carbonyl (C=O) groups is 2. The zero-order chi connectivity index (χ0) is 30.4. The molecule has 0 spiro atoms. The Kier molecular flexibility index (Phi) is 9.31. The molecule has 5 rings (SSSR count). The van der Waals surface area contributed by atoms with E-state index in [1.807, 2.05) is 13.8 Å².